The highest BCUT2D eigenvalue weighted by Crippen LogP contribution is 2.13. The first kappa shape index (κ1) is 15.5. The van der Waals surface area contributed by atoms with Crippen LogP contribution in [0.1, 0.15) is 21.6 Å². The maximum Gasteiger partial charge on any atom is 0.337 e. The predicted octanol–water partition coefficient (Wildman–Crippen LogP) is 2.57. The number of rotatable bonds is 4. The van der Waals surface area contributed by atoms with E-state index in [1.54, 1.807) is 13.2 Å². The molecular weight excluding hydrogens is 308 g/mol. The second-order valence-electron chi connectivity index (χ2n) is 5.08. The number of carboxylic acids is 1. The van der Waals surface area contributed by atoms with Crippen LogP contribution in [0.2, 0.25) is 0 Å². The zero-order chi connectivity index (χ0) is 17.1. The van der Waals surface area contributed by atoms with Gasteiger partial charge in [-0.25, -0.2) is 9.78 Å². The largest absolute Gasteiger partial charge is 0.497 e. The van der Waals surface area contributed by atoms with E-state index in [9.17, 15) is 9.59 Å². The quantitative estimate of drug-likeness (QED) is 0.798. The Bertz CT molecular complexity index is 988. The molecule has 2 aromatic heterocycles. The van der Waals surface area contributed by atoms with Crippen LogP contribution < -0.4 is 10.3 Å². The average Bonchev–Trinajstić information content (AvgIpc) is 2.60. The Balaban J connectivity index is 1.95. The van der Waals surface area contributed by atoms with Crippen molar-refractivity contribution in [2.75, 3.05) is 7.11 Å². The molecule has 0 bridgehead atoms. The van der Waals surface area contributed by atoms with Crippen LogP contribution in [-0.4, -0.2) is 27.6 Å². The third-order valence-electron chi connectivity index (χ3n) is 3.49. The lowest BCUT2D eigenvalue weighted by atomic mass is 10.2. The van der Waals surface area contributed by atoms with Gasteiger partial charge in [0.2, 0.25) is 0 Å². The number of pyridine rings is 1. The van der Waals surface area contributed by atoms with Crippen molar-refractivity contribution in [2.45, 2.75) is 0 Å². The molecule has 0 fully saturated rings. The molecule has 0 aliphatic carbocycles. The third-order valence-corrected chi connectivity index (χ3v) is 3.49. The number of carboxylic acid groups (broad SMARTS) is 1. The number of benzene rings is 1. The average molecular weight is 322 g/mol. The Labute approximate surface area is 137 Å². The molecule has 0 radical (unpaired) electrons. The SMILES string of the molecule is COc1ccc(C=Cc2cc(=O)n3cc(C(=O)O)ccc3n2)cc1. The lowest BCUT2D eigenvalue weighted by Gasteiger charge is -2.03. The van der Waals surface area contributed by atoms with Crippen LogP contribution in [0.3, 0.4) is 0 Å². The van der Waals surface area contributed by atoms with Crippen LogP contribution in [0, 0.1) is 0 Å². The smallest absolute Gasteiger partial charge is 0.337 e. The van der Waals surface area contributed by atoms with Gasteiger partial charge in [-0.1, -0.05) is 18.2 Å². The van der Waals surface area contributed by atoms with Gasteiger partial charge in [-0.05, 0) is 35.9 Å². The van der Waals surface area contributed by atoms with Crippen molar-refractivity contribution in [3.63, 3.8) is 0 Å². The minimum Gasteiger partial charge on any atom is -0.497 e. The topological polar surface area (TPSA) is 80.9 Å². The van der Waals surface area contributed by atoms with Crippen LogP contribution in [-0.2, 0) is 0 Å². The van der Waals surface area contributed by atoms with E-state index in [1.165, 1.54) is 28.8 Å². The van der Waals surface area contributed by atoms with Crippen LogP contribution in [0.5, 0.6) is 5.75 Å². The molecule has 3 rings (SSSR count). The first-order chi connectivity index (χ1) is 11.6. The summed E-state index contributed by atoms with van der Waals surface area (Å²) in [6.45, 7) is 0. The summed E-state index contributed by atoms with van der Waals surface area (Å²) in [6, 6.07) is 11.8. The molecule has 0 amide bonds. The molecule has 0 unspecified atom stereocenters. The molecule has 0 aliphatic heterocycles. The number of hydrogen-bond acceptors (Lipinski definition) is 4. The van der Waals surface area contributed by atoms with Crippen LogP contribution in [0.15, 0.2) is 53.5 Å². The number of carbonyl (C=O) groups is 1. The lowest BCUT2D eigenvalue weighted by Crippen LogP contribution is -2.15. The molecule has 6 nitrogen and oxygen atoms in total. The molecule has 0 saturated heterocycles. The van der Waals surface area contributed by atoms with Crippen LogP contribution >= 0.6 is 0 Å². The third kappa shape index (κ3) is 3.17. The molecule has 0 aliphatic rings. The monoisotopic (exact) mass is 322 g/mol. The molecule has 3 aromatic rings. The molecular formula is C18H14N2O4. The molecule has 24 heavy (non-hydrogen) atoms. The van der Waals surface area contributed by atoms with E-state index < -0.39 is 5.97 Å². The Morgan fingerprint density at radius 1 is 1.17 bits per heavy atom. The van der Waals surface area contributed by atoms with Gasteiger partial charge in [0.15, 0.2) is 0 Å². The second-order valence-corrected chi connectivity index (χ2v) is 5.08. The summed E-state index contributed by atoms with van der Waals surface area (Å²) >= 11 is 0. The number of aromatic nitrogens is 2. The minimum absolute atomic E-state index is 0.0351. The number of nitrogens with zero attached hydrogens (tertiary/aromatic N) is 2. The fourth-order valence-corrected chi connectivity index (χ4v) is 2.23. The second kappa shape index (κ2) is 6.37. The van der Waals surface area contributed by atoms with E-state index >= 15 is 0 Å². The first-order valence-electron chi connectivity index (χ1n) is 7.16. The van der Waals surface area contributed by atoms with Gasteiger partial charge in [0.1, 0.15) is 11.4 Å². The van der Waals surface area contributed by atoms with Crippen molar-refractivity contribution in [1.82, 2.24) is 9.38 Å². The van der Waals surface area contributed by atoms with E-state index in [1.807, 2.05) is 30.3 Å². The number of ether oxygens (including phenoxy) is 1. The summed E-state index contributed by atoms with van der Waals surface area (Å²) < 4.78 is 6.32. The van der Waals surface area contributed by atoms with Crippen LogP contribution in [0.25, 0.3) is 17.8 Å². The molecule has 1 aromatic carbocycles. The van der Waals surface area contributed by atoms with Gasteiger partial charge >= 0.3 is 5.97 Å². The number of hydrogen-bond donors (Lipinski definition) is 1. The molecule has 2 heterocycles. The van der Waals surface area contributed by atoms with Gasteiger partial charge < -0.3 is 9.84 Å². The highest BCUT2D eigenvalue weighted by atomic mass is 16.5. The maximum absolute atomic E-state index is 12.1. The molecule has 6 heteroatoms. The van der Waals surface area contributed by atoms with E-state index in [4.69, 9.17) is 9.84 Å². The lowest BCUT2D eigenvalue weighted by molar-refractivity contribution is 0.0696. The highest BCUT2D eigenvalue weighted by Gasteiger charge is 2.06. The zero-order valence-corrected chi connectivity index (χ0v) is 12.8. The van der Waals surface area contributed by atoms with Gasteiger partial charge in [-0.2, -0.15) is 0 Å². The summed E-state index contributed by atoms with van der Waals surface area (Å²) in [7, 11) is 1.60. The summed E-state index contributed by atoms with van der Waals surface area (Å²) in [6.07, 6.45) is 4.83. The minimum atomic E-state index is -1.09. The molecule has 0 spiro atoms. The van der Waals surface area contributed by atoms with Gasteiger partial charge in [0.05, 0.1) is 18.4 Å². The summed E-state index contributed by atoms with van der Waals surface area (Å²) in [5, 5.41) is 8.98. The highest BCUT2D eigenvalue weighted by molar-refractivity contribution is 5.87. The van der Waals surface area contributed by atoms with Gasteiger partial charge in [0.25, 0.3) is 5.56 Å². The standard InChI is InChI=1S/C18H14N2O4/c1-24-15-7-3-12(4-8-15)2-6-14-10-17(21)20-11-13(18(22)23)5-9-16(20)19-14/h2-11H,1H3,(H,22,23). The van der Waals surface area contributed by atoms with Crippen molar-refractivity contribution in [2.24, 2.45) is 0 Å². The molecule has 120 valence electrons. The number of methoxy groups -OCH3 is 1. The molecule has 0 atom stereocenters. The molecule has 1 N–H and O–H groups in total. The van der Waals surface area contributed by atoms with Gasteiger partial charge in [-0.15, -0.1) is 0 Å². The van der Waals surface area contributed by atoms with Crippen molar-refractivity contribution in [1.29, 1.82) is 0 Å². The normalized spacial score (nSPS) is 11.0. The van der Waals surface area contributed by atoms with Crippen LogP contribution in [0.4, 0.5) is 0 Å². The molecule has 0 saturated carbocycles. The summed E-state index contributed by atoms with van der Waals surface area (Å²) in [4.78, 5) is 27.5. The Kier molecular flexibility index (Phi) is 4.11. The summed E-state index contributed by atoms with van der Waals surface area (Å²) in [5.74, 6) is -0.323. The Morgan fingerprint density at radius 3 is 2.58 bits per heavy atom. The van der Waals surface area contributed by atoms with Gasteiger partial charge in [0, 0.05) is 12.3 Å². The van der Waals surface area contributed by atoms with Crippen molar-refractivity contribution in [3.05, 3.63) is 75.8 Å². The fourth-order valence-electron chi connectivity index (χ4n) is 2.23. The zero-order valence-electron chi connectivity index (χ0n) is 12.8. The number of aromatic carboxylic acids is 1. The number of fused-ring (bicyclic) bond motifs is 1. The van der Waals surface area contributed by atoms with Crippen molar-refractivity contribution < 1.29 is 14.6 Å². The van der Waals surface area contributed by atoms with E-state index in [-0.39, 0.29) is 11.1 Å². The maximum atomic E-state index is 12.1. The predicted molar refractivity (Wildman–Crippen MR) is 90.3 cm³/mol. The first-order valence-corrected chi connectivity index (χ1v) is 7.16. The van der Waals surface area contributed by atoms with Crippen molar-refractivity contribution >= 4 is 23.8 Å². The Morgan fingerprint density at radius 2 is 1.92 bits per heavy atom. The summed E-state index contributed by atoms with van der Waals surface area (Å²) in [5.41, 5.74) is 1.53. The van der Waals surface area contributed by atoms with E-state index in [2.05, 4.69) is 4.98 Å². The van der Waals surface area contributed by atoms with Crippen molar-refractivity contribution in [3.8, 4) is 5.75 Å². The van der Waals surface area contributed by atoms with E-state index in [0.29, 0.717) is 11.3 Å². The van der Waals surface area contributed by atoms with E-state index in [0.717, 1.165) is 11.3 Å². The fraction of sp³-hybridized carbons (Fsp3) is 0.0556. The Hall–Kier alpha value is -3.41. The van der Waals surface area contributed by atoms with Gasteiger partial charge in [-0.3, -0.25) is 9.20 Å².